The van der Waals surface area contributed by atoms with Crippen LogP contribution < -0.4 is 11.1 Å². The zero-order valence-electron chi connectivity index (χ0n) is 13.7. The van der Waals surface area contributed by atoms with Crippen molar-refractivity contribution in [1.29, 1.82) is 0 Å². The molecule has 0 aliphatic rings. The molecular formula is C17H25N3O2. The lowest BCUT2D eigenvalue weighted by Gasteiger charge is -1.99. The largest absolute Gasteiger partial charge is 0.397 e. The van der Waals surface area contributed by atoms with Crippen LogP contribution in [0.1, 0.15) is 25.1 Å². The van der Waals surface area contributed by atoms with Gasteiger partial charge in [0.05, 0.1) is 0 Å². The number of nitrogens with one attached hydrogen (secondary N) is 1. The SMILES string of the molecule is CC.Cc1cc(N)cn1C.O=CCc1cccc(NC=O)c1. The van der Waals surface area contributed by atoms with Crippen molar-refractivity contribution in [3.05, 3.63) is 47.8 Å². The molecule has 0 aliphatic carbocycles. The lowest BCUT2D eigenvalue weighted by molar-refractivity contribution is -0.107. The Labute approximate surface area is 132 Å². The lowest BCUT2D eigenvalue weighted by Crippen LogP contribution is -1.94. The molecule has 1 heterocycles. The van der Waals surface area contributed by atoms with Gasteiger partial charge in [0, 0.05) is 36.7 Å². The maximum atomic E-state index is 10.2. The maximum absolute atomic E-state index is 10.2. The number of carbonyl (C=O) groups excluding carboxylic acids is 2. The van der Waals surface area contributed by atoms with Gasteiger partial charge in [0.25, 0.3) is 0 Å². The van der Waals surface area contributed by atoms with Crippen LogP contribution in [-0.4, -0.2) is 17.3 Å². The fraction of sp³-hybridized carbons (Fsp3) is 0.294. The summed E-state index contributed by atoms with van der Waals surface area (Å²) in [5.74, 6) is 0. The fourth-order valence-corrected chi connectivity index (χ4v) is 1.66. The molecule has 0 atom stereocenters. The Bertz CT molecular complexity index is 532. The van der Waals surface area contributed by atoms with Gasteiger partial charge in [0.2, 0.25) is 6.41 Å². The monoisotopic (exact) mass is 303 g/mol. The van der Waals surface area contributed by atoms with Crippen LogP contribution in [0.3, 0.4) is 0 Å². The molecule has 2 rings (SSSR count). The molecule has 0 aliphatic heterocycles. The number of aromatic nitrogens is 1. The highest BCUT2D eigenvalue weighted by molar-refractivity contribution is 5.71. The van der Waals surface area contributed by atoms with E-state index in [1.165, 1.54) is 5.69 Å². The summed E-state index contributed by atoms with van der Waals surface area (Å²) < 4.78 is 2.00. The van der Waals surface area contributed by atoms with Crippen LogP contribution in [0.4, 0.5) is 11.4 Å². The van der Waals surface area contributed by atoms with E-state index in [1.807, 2.05) is 50.7 Å². The van der Waals surface area contributed by atoms with Crippen molar-refractivity contribution in [1.82, 2.24) is 4.57 Å². The van der Waals surface area contributed by atoms with Crippen molar-refractivity contribution in [3.8, 4) is 0 Å². The average Bonchev–Trinajstić information content (AvgIpc) is 2.79. The number of nitrogens with zero attached hydrogens (tertiary/aromatic N) is 1. The second kappa shape index (κ2) is 11.1. The number of rotatable bonds is 4. The van der Waals surface area contributed by atoms with E-state index in [0.717, 1.165) is 17.5 Å². The van der Waals surface area contributed by atoms with E-state index in [1.54, 1.807) is 18.2 Å². The molecule has 0 unspecified atom stereocenters. The zero-order valence-corrected chi connectivity index (χ0v) is 13.7. The molecule has 5 heteroatoms. The second-order valence-electron chi connectivity index (χ2n) is 4.36. The zero-order chi connectivity index (χ0) is 17.0. The number of aryl methyl sites for hydroxylation is 2. The maximum Gasteiger partial charge on any atom is 0.211 e. The summed E-state index contributed by atoms with van der Waals surface area (Å²) >= 11 is 0. The van der Waals surface area contributed by atoms with E-state index in [9.17, 15) is 9.59 Å². The Morgan fingerprint density at radius 3 is 2.32 bits per heavy atom. The smallest absolute Gasteiger partial charge is 0.211 e. The molecule has 0 radical (unpaired) electrons. The van der Waals surface area contributed by atoms with E-state index >= 15 is 0 Å². The number of carbonyl (C=O) groups is 2. The van der Waals surface area contributed by atoms with Crippen LogP contribution in [0.25, 0.3) is 0 Å². The molecule has 3 N–H and O–H groups in total. The van der Waals surface area contributed by atoms with Gasteiger partial charge < -0.3 is 20.4 Å². The number of nitrogen functional groups attached to an aromatic ring is 1. The van der Waals surface area contributed by atoms with Crippen LogP contribution >= 0.6 is 0 Å². The fourth-order valence-electron chi connectivity index (χ4n) is 1.66. The number of benzene rings is 1. The third-order valence-electron chi connectivity index (χ3n) is 2.75. The van der Waals surface area contributed by atoms with Gasteiger partial charge in [-0.1, -0.05) is 26.0 Å². The highest BCUT2D eigenvalue weighted by Crippen LogP contribution is 2.09. The summed E-state index contributed by atoms with van der Waals surface area (Å²) in [6.07, 6.45) is 3.73. The quantitative estimate of drug-likeness (QED) is 0.853. The molecule has 120 valence electrons. The Morgan fingerprint density at radius 2 is 1.91 bits per heavy atom. The standard InChI is InChI=1S/C9H9NO2.C6H10N2.C2H6/c11-5-4-8-2-1-3-9(6-8)10-7-12;1-5-3-6(7)4-8(5)2;1-2/h1-3,5-7H,4H2,(H,10,12);3-4H,7H2,1-2H3;1-2H3. The van der Waals surface area contributed by atoms with Crippen molar-refractivity contribution >= 4 is 24.1 Å². The molecule has 1 aromatic heterocycles. The number of hydrogen-bond acceptors (Lipinski definition) is 3. The minimum absolute atomic E-state index is 0.383. The molecule has 22 heavy (non-hydrogen) atoms. The summed E-state index contributed by atoms with van der Waals surface area (Å²) in [6.45, 7) is 6.02. The topological polar surface area (TPSA) is 77.1 Å². The number of nitrogens with two attached hydrogens (primary N) is 1. The first-order valence-electron chi connectivity index (χ1n) is 7.18. The molecule has 0 spiro atoms. The van der Waals surface area contributed by atoms with Crippen LogP contribution in [0.5, 0.6) is 0 Å². The average molecular weight is 303 g/mol. The summed E-state index contributed by atoms with van der Waals surface area (Å²) in [6, 6.07) is 9.11. The van der Waals surface area contributed by atoms with Crippen molar-refractivity contribution in [2.45, 2.75) is 27.2 Å². The van der Waals surface area contributed by atoms with Gasteiger partial charge in [-0.05, 0) is 30.7 Å². The Kier molecular flexibility index (Phi) is 9.84. The van der Waals surface area contributed by atoms with Gasteiger partial charge in [-0.2, -0.15) is 0 Å². The molecule has 0 saturated heterocycles. The molecule has 1 aromatic carbocycles. The van der Waals surface area contributed by atoms with E-state index in [4.69, 9.17) is 5.73 Å². The summed E-state index contributed by atoms with van der Waals surface area (Å²) in [7, 11) is 1.98. The van der Waals surface area contributed by atoms with E-state index in [2.05, 4.69) is 5.32 Å². The molecule has 0 saturated carbocycles. The van der Waals surface area contributed by atoms with Gasteiger partial charge >= 0.3 is 0 Å². The molecule has 0 bridgehead atoms. The Hall–Kier alpha value is -2.56. The van der Waals surface area contributed by atoms with Crippen molar-refractivity contribution in [2.24, 2.45) is 7.05 Å². The number of amides is 1. The van der Waals surface area contributed by atoms with Crippen molar-refractivity contribution < 1.29 is 9.59 Å². The normalized spacial score (nSPS) is 8.73. The second-order valence-corrected chi connectivity index (χ2v) is 4.36. The van der Waals surface area contributed by atoms with E-state index in [-0.39, 0.29) is 0 Å². The van der Waals surface area contributed by atoms with Gasteiger partial charge in [0.1, 0.15) is 6.29 Å². The first kappa shape index (κ1) is 19.4. The predicted molar refractivity (Wildman–Crippen MR) is 91.8 cm³/mol. The number of anilines is 2. The van der Waals surface area contributed by atoms with Crippen LogP contribution in [0.2, 0.25) is 0 Å². The molecule has 1 amide bonds. The van der Waals surface area contributed by atoms with Crippen molar-refractivity contribution in [2.75, 3.05) is 11.1 Å². The summed E-state index contributed by atoms with van der Waals surface area (Å²) in [4.78, 5) is 20.2. The van der Waals surface area contributed by atoms with Crippen molar-refractivity contribution in [3.63, 3.8) is 0 Å². The van der Waals surface area contributed by atoms with Gasteiger partial charge in [-0.3, -0.25) is 4.79 Å². The number of hydrogen-bond donors (Lipinski definition) is 2. The van der Waals surface area contributed by atoms with E-state index < -0.39 is 0 Å². The highest BCUT2D eigenvalue weighted by atomic mass is 16.1. The van der Waals surface area contributed by atoms with Gasteiger partial charge in [0.15, 0.2) is 0 Å². The highest BCUT2D eigenvalue weighted by Gasteiger charge is 1.93. The Morgan fingerprint density at radius 1 is 1.23 bits per heavy atom. The number of aldehydes is 1. The minimum Gasteiger partial charge on any atom is -0.397 e. The summed E-state index contributed by atoms with van der Waals surface area (Å²) in [5, 5.41) is 2.51. The lowest BCUT2D eigenvalue weighted by atomic mass is 10.1. The Balaban J connectivity index is 0.000000382. The first-order chi connectivity index (χ1) is 10.6. The minimum atomic E-state index is 0.383. The molecular weight excluding hydrogens is 278 g/mol. The third-order valence-corrected chi connectivity index (χ3v) is 2.75. The molecule has 0 fully saturated rings. The van der Waals surface area contributed by atoms with Crippen LogP contribution in [-0.2, 0) is 23.1 Å². The van der Waals surface area contributed by atoms with E-state index in [0.29, 0.717) is 18.5 Å². The van der Waals surface area contributed by atoms with Crippen LogP contribution in [0, 0.1) is 6.92 Å². The molecule has 2 aromatic rings. The first-order valence-corrected chi connectivity index (χ1v) is 7.18. The third kappa shape index (κ3) is 7.28. The van der Waals surface area contributed by atoms with Gasteiger partial charge in [-0.25, -0.2) is 0 Å². The summed E-state index contributed by atoms with van der Waals surface area (Å²) in [5.41, 5.74) is 9.11. The van der Waals surface area contributed by atoms with Gasteiger partial charge in [-0.15, -0.1) is 0 Å². The van der Waals surface area contributed by atoms with Crippen LogP contribution in [0.15, 0.2) is 36.5 Å². The molecule has 5 nitrogen and oxygen atoms in total. The predicted octanol–water partition coefficient (Wildman–Crippen LogP) is 2.94.